The Kier molecular flexibility index (Phi) is 6.01. The van der Waals surface area contributed by atoms with Gasteiger partial charge in [-0.25, -0.2) is 4.98 Å². The van der Waals surface area contributed by atoms with E-state index in [1.165, 1.54) is 0 Å². The number of ether oxygens (including phenoxy) is 2. The number of aliphatic imine (C=N–C) groups is 1. The number of aromatic nitrogens is 3. The van der Waals surface area contributed by atoms with Crippen molar-refractivity contribution in [2.75, 3.05) is 13.7 Å². The predicted molar refractivity (Wildman–Crippen MR) is 144 cm³/mol. The second-order valence-corrected chi connectivity index (χ2v) is 8.55. The molecule has 7 nitrogen and oxygen atoms in total. The highest BCUT2D eigenvalue weighted by Gasteiger charge is 2.14. The van der Waals surface area contributed by atoms with Crippen molar-refractivity contribution < 1.29 is 9.47 Å². The van der Waals surface area contributed by atoms with Gasteiger partial charge in [0.2, 0.25) is 11.8 Å². The van der Waals surface area contributed by atoms with Crippen LogP contribution in [0.5, 0.6) is 23.3 Å². The maximum absolute atomic E-state index is 6.14. The van der Waals surface area contributed by atoms with Crippen LogP contribution in [-0.2, 0) is 0 Å². The second-order valence-electron chi connectivity index (χ2n) is 8.55. The number of pyridine rings is 1. The molecule has 0 spiro atoms. The molecule has 0 N–H and O–H groups in total. The van der Waals surface area contributed by atoms with Crippen molar-refractivity contribution in [1.82, 2.24) is 20.1 Å². The average molecular weight is 486 g/mol. The Balaban J connectivity index is 1.24. The lowest BCUT2D eigenvalue weighted by Gasteiger charge is -2.17. The topological polar surface area (TPSA) is 72.7 Å². The molecule has 0 saturated carbocycles. The van der Waals surface area contributed by atoms with E-state index in [-0.39, 0.29) is 0 Å². The summed E-state index contributed by atoms with van der Waals surface area (Å²) >= 11 is 0. The van der Waals surface area contributed by atoms with Crippen molar-refractivity contribution in [1.29, 1.82) is 0 Å². The molecule has 6 rings (SSSR count). The molecule has 0 fully saturated rings. The fourth-order valence-corrected chi connectivity index (χ4v) is 4.09. The summed E-state index contributed by atoms with van der Waals surface area (Å²) < 4.78 is 12.2. The van der Waals surface area contributed by atoms with E-state index in [0.717, 1.165) is 33.3 Å². The van der Waals surface area contributed by atoms with E-state index in [0.29, 0.717) is 29.9 Å². The summed E-state index contributed by atoms with van der Waals surface area (Å²) in [5.74, 6) is 2.21. The van der Waals surface area contributed by atoms with Crippen LogP contribution >= 0.6 is 0 Å². The second kappa shape index (κ2) is 9.91. The Bertz CT molecular complexity index is 1620. The monoisotopic (exact) mass is 485 g/mol. The van der Waals surface area contributed by atoms with Gasteiger partial charge < -0.3 is 14.4 Å². The summed E-state index contributed by atoms with van der Waals surface area (Å²) in [6, 6.07) is 29.2. The summed E-state index contributed by atoms with van der Waals surface area (Å²) in [6.45, 7) is 0.593. The van der Waals surface area contributed by atoms with Gasteiger partial charge in [-0.2, -0.15) is 0 Å². The minimum Gasteiger partial charge on any atom is -0.438 e. The normalized spacial score (nSPS) is 12.9. The highest BCUT2D eigenvalue weighted by molar-refractivity contribution is 6.10. The van der Waals surface area contributed by atoms with E-state index >= 15 is 0 Å². The van der Waals surface area contributed by atoms with Gasteiger partial charge in [0.25, 0.3) is 0 Å². The van der Waals surface area contributed by atoms with Gasteiger partial charge in [0.05, 0.1) is 11.3 Å². The Labute approximate surface area is 214 Å². The number of hydrogen-bond donors (Lipinski definition) is 0. The van der Waals surface area contributed by atoms with E-state index in [2.05, 4.69) is 20.2 Å². The lowest BCUT2D eigenvalue weighted by Crippen LogP contribution is -2.17. The lowest BCUT2D eigenvalue weighted by atomic mass is 10.1. The van der Waals surface area contributed by atoms with Gasteiger partial charge in [-0.3, -0.25) is 4.99 Å². The summed E-state index contributed by atoms with van der Waals surface area (Å²) in [6.07, 6.45) is 5.65. The predicted octanol–water partition coefficient (Wildman–Crippen LogP) is 6.48. The molecule has 2 aromatic heterocycles. The van der Waals surface area contributed by atoms with Crippen LogP contribution in [0.2, 0.25) is 0 Å². The number of allylic oxidation sites excluding steroid dienone is 1. The average Bonchev–Trinajstić information content (AvgIpc) is 2.95. The van der Waals surface area contributed by atoms with Gasteiger partial charge in [-0.15, -0.1) is 10.2 Å². The molecule has 0 atom stereocenters. The van der Waals surface area contributed by atoms with Crippen molar-refractivity contribution in [2.45, 2.75) is 0 Å². The van der Waals surface area contributed by atoms with Crippen LogP contribution < -0.4 is 9.47 Å². The van der Waals surface area contributed by atoms with Crippen LogP contribution in [0.3, 0.4) is 0 Å². The van der Waals surface area contributed by atoms with Gasteiger partial charge in [0, 0.05) is 35.8 Å². The van der Waals surface area contributed by atoms with E-state index in [9.17, 15) is 0 Å². The first-order valence-electron chi connectivity index (χ1n) is 11.9. The zero-order valence-corrected chi connectivity index (χ0v) is 20.2. The molecular formula is C30H23N5O2. The van der Waals surface area contributed by atoms with Crippen molar-refractivity contribution in [3.63, 3.8) is 0 Å². The molecule has 37 heavy (non-hydrogen) atoms. The number of benzene rings is 3. The molecule has 0 aliphatic carbocycles. The number of nitrogens with zero attached hydrogens (tertiary/aromatic N) is 5. The number of rotatable bonds is 6. The molecule has 180 valence electrons. The molecule has 3 heterocycles. The van der Waals surface area contributed by atoms with Crippen LogP contribution in [0.25, 0.3) is 22.0 Å². The number of fused-ring (bicyclic) bond motifs is 1. The van der Waals surface area contributed by atoms with Crippen molar-refractivity contribution >= 4 is 16.5 Å². The first-order chi connectivity index (χ1) is 18.2. The Morgan fingerprint density at radius 3 is 2.14 bits per heavy atom. The number of hydrogen-bond acceptors (Lipinski definition) is 7. The first-order valence-corrected chi connectivity index (χ1v) is 11.9. The third-order valence-corrected chi connectivity index (χ3v) is 5.95. The highest BCUT2D eigenvalue weighted by atomic mass is 16.5. The molecule has 0 radical (unpaired) electrons. The van der Waals surface area contributed by atoms with Gasteiger partial charge in [-0.05, 0) is 48.5 Å². The Morgan fingerprint density at radius 1 is 0.703 bits per heavy atom. The minimum absolute atomic E-state index is 0.447. The van der Waals surface area contributed by atoms with E-state index in [1.54, 1.807) is 6.20 Å². The van der Waals surface area contributed by atoms with Crippen molar-refractivity contribution in [2.24, 2.45) is 4.99 Å². The van der Waals surface area contributed by atoms with E-state index in [4.69, 9.17) is 9.47 Å². The van der Waals surface area contributed by atoms with Crippen molar-refractivity contribution in [3.05, 3.63) is 115 Å². The quantitative estimate of drug-likeness (QED) is 0.274. The van der Waals surface area contributed by atoms with Crippen LogP contribution in [0.4, 0.5) is 0 Å². The zero-order valence-electron chi connectivity index (χ0n) is 20.2. The lowest BCUT2D eigenvalue weighted by molar-refractivity contribution is 0.449. The third-order valence-electron chi connectivity index (χ3n) is 5.95. The summed E-state index contributed by atoms with van der Waals surface area (Å²) in [4.78, 5) is 11.0. The molecule has 0 amide bonds. The van der Waals surface area contributed by atoms with Crippen LogP contribution in [-0.4, -0.2) is 39.5 Å². The molecule has 5 aromatic rings. The highest BCUT2D eigenvalue weighted by Crippen LogP contribution is 2.34. The third kappa shape index (κ3) is 4.75. The molecular weight excluding hydrogens is 462 g/mol. The van der Waals surface area contributed by atoms with Crippen LogP contribution in [0.1, 0.15) is 5.56 Å². The molecule has 7 heteroatoms. The first kappa shape index (κ1) is 22.4. The molecule has 3 aromatic carbocycles. The fourth-order valence-electron chi connectivity index (χ4n) is 4.09. The minimum atomic E-state index is 0.447. The Morgan fingerprint density at radius 2 is 1.41 bits per heavy atom. The summed E-state index contributed by atoms with van der Waals surface area (Å²) in [5.41, 5.74) is 3.51. The van der Waals surface area contributed by atoms with E-state index in [1.807, 2.05) is 115 Å². The summed E-state index contributed by atoms with van der Waals surface area (Å²) in [5, 5.41) is 10.7. The molecule has 0 unspecified atom stereocenters. The molecule has 0 saturated heterocycles. The Hall–Kier alpha value is -5.04. The van der Waals surface area contributed by atoms with Gasteiger partial charge in [-0.1, -0.05) is 48.5 Å². The van der Waals surface area contributed by atoms with E-state index < -0.39 is 0 Å². The van der Waals surface area contributed by atoms with Crippen molar-refractivity contribution in [3.8, 4) is 34.5 Å². The zero-order chi connectivity index (χ0) is 25.0. The van der Waals surface area contributed by atoms with Gasteiger partial charge in [0.15, 0.2) is 0 Å². The molecule has 0 bridgehead atoms. The molecule has 1 aliphatic rings. The van der Waals surface area contributed by atoms with Crippen LogP contribution in [0.15, 0.2) is 114 Å². The fraction of sp³-hybridized carbons (Fsp3) is 0.0667. The summed E-state index contributed by atoms with van der Waals surface area (Å²) in [7, 11) is 1.98. The van der Waals surface area contributed by atoms with Gasteiger partial charge in [0.1, 0.15) is 23.9 Å². The van der Waals surface area contributed by atoms with Gasteiger partial charge >= 0.3 is 0 Å². The maximum atomic E-state index is 6.14. The maximum Gasteiger partial charge on any atom is 0.246 e. The molecule has 1 aliphatic heterocycles. The van der Waals surface area contributed by atoms with Crippen LogP contribution in [0, 0.1) is 0 Å². The smallest absolute Gasteiger partial charge is 0.246 e. The SMILES string of the molecule is CN1C=CC(c2cccnc2Oc2ccc(Oc3nnc(-c4ccccc4)c4ccccc34)cc2)=NC1. The standard InChI is InChI=1S/C30H23N5O2/c1-35-19-17-27(32-20-35)26-12-7-18-31-29(26)36-22-13-15-23(16-14-22)37-30-25-11-6-5-10-24(25)28(33-34-30)21-8-3-2-4-9-21/h2-19H,20H2,1H3. The largest absolute Gasteiger partial charge is 0.438 e.